The highest BCUT2D eigenvalue weighted by molar-refractivity contribution is 4.76. The Hall–Kier alpha value is -0.0400. The quantitative estimate of drug-likeness (QED) is 0.604. The standard InChI is InChI=1S/C14H31N/c1-6-9-10-13(7-2)14(15-8-3)11-12(4)5/h12-15H,6-11H2,1-5H3. The Morgan fingerprint density at radius 1 is 1.07 bits per heavy atom. The van der Waals surface area contributed by atoms with Crippen LogP contribution in [0.1, 0.15) is 66.7 Å². The molecule has 2 unspecified atom stereocenters. The highest BCUT2D eigenvalue weighted by Crippen LogP contribution is 2.21. The molecule has 0 aromatic rings. The summed E-state index contributed by atoms with van der Waals surface area (Å²) in [5.74, 6) is 1.69. The van der Waals surface area contributed by atoms with Crippen molar-refractivity contribution in [2.75, 3.05) is 6.54 Å². The zero-order valence-electron chi connectivity index (χ0n) is 11.5. The summed E-state index contributed by atoms with van der Waals surface area (Å²) in [6.07, 6.45) is 6.77. The number of hydrogen-bond donors (Lipinski definition) is 1. The van der Waals surface area contributed by atoms with E-state index in [1.54, 1.807) is 0 Å². The molecule has 0 aromatic carbocycles. The lowest BCUT2D eigenvalue weighted by Gasteiger charge is -2.28. The summed E-state index contributed by atoms with van der Waals surface area (Å²) in [6, 6.07) is 0.742. The lowest BCUT2D eigenvalue weighted by atomic mass is 9.86. The van der Waals surface area contributed by atoms with Crippen LogP contribution in [0.25, 0.3) is 0 Å². The van der Waals surface area contributed by atoms with Gasteiger partial charge in [0.15, 0.2) is 0 Å². The molecule has 0 saturated heterocycles. The van der Waals surface area contributed by atoms with Crippen molar-refractivity contribution in [3.05, 3.63) is 0 Å². The molecule has 0 aliphatic rings. The van der Waals surface area contributed by atoms with Gasteiger partial charge >= 0.3 is 0 Å². The van der Waals surface area contributed by atoms with E-state index >= 15 is 0 Å². The van der Waals surface area contributed by atoms with Crippen LogP contribution in [-0.4, -0.2) is 12.6 Å². The fourth-order valence-corrected chi connectivity index (χ4v) is 2.37. The van der Waals surface area contributed by atoms with E-state index < -0.39 is 0 Å². The average molecular weight is 213 g/mol. The van der Waals surface area contributed by atoms with Crippen molar-refractivity contribution in [2.45, 2.75) is 72.8 Å². The highest BCUT2D eigenvalue weighted by Gasteiger charge is 2.19. The van der Waals surface area contributed by atoms with Gasteiger partial charge in [-0.25, -0.2) is 0 Å². The van der Waals surface area contributed by atoms with Gasteiger partial charge in [0.25, 0.3) is 0 Å². The molecule has 0 rings (SSSR count). The van der Waals surface area contributed by atoms with E-state index in [9.17, 15) is 0 Å². The van der Waals surface area contributed by atoms with Crippen molar-refractivity contribution in [3.63, 3.8) is 0 Å². The molecule has 0 saturated carbocycles. The van der Waals surface area contributed by atoms with Gasteiger partial charge in [0.2, 0.25) is 0 Å². The van der Waals surface area contributed by atoms with Gasteiger partial charge in [-0.1, -0.05) is 53.9 Å². The molecule has 0 amide bonds. The van der Waals surface area contributed by atoms with Gasteiger partial charge in [0.05, 0.1) is 0 Å². The predicted octanol–water partition coefficient (Wildman–Crippen LogP) is 4.23. The Bertz CT molecular complexity index is 131. The summed E-state index contributed by atoms with van der Waals surface area (Å²) in [6.45, 7) is 12.6. The summed E-state index contributed by atoms with van der Waals surface area (Å²) >= 11 is 0. The Labute approximate surface area is 97.0 Å². The van der Waals surface area contributed by atoms with Crippen molar-refractivity contribution in [3.8, 4) is 0 Å². The fraction of sp³-hybridized carbons (Fsp3) is 1.00. The SMILES string of the molecule is CCCCC(CC)C(CC(C)C)NCC. The van der Waals surface area contributed by atoms with E-state index in [0.29, 0.717) is 0 Å². The van der Waals surface area contributed by atoms with E-state index in [2.05, 4.69) is 39.9 Å². The van der Waals surface area contributed by atoms with Crippen molar-refractivity contribution in [1.29, 1.82) is 0 Å². The Balaban J connectivity index is 4.13. The molecular formula is C14H31N. The van der Waals surface area contributed by atoms with Crippen molar-refractivity contribution in [1.82, 2.24) is 5.32 Å². The molecule has 1 N–H and O–H groups in total. The summed E-state index contributed by atoms with van der Waals surface area (Å²) in [5, 5.41) is 3.67. The topological polar surface area (TPSA) is 12.0 Å². The molecule has 0 spiro atoms. The lowest BCUT2D eigenvalue weighted by molar-refractivity contribution is 0.282. The van der Waals surface area contributed by atoms with Crippen LogP contribution in [0, 0.1) is 11.8 Å². The van der Waals surface area contributed by atoms with Crippen molar-refractivity contribution < 1.29 is 0 Å². The van der Waals surface area contributed by atoms with Gasteiger partial charge in [0.1, 0.15) is 0 Å². The van der Waals surface area contributed by atoms with E-state index in [0.717, 1.165) is 24.4 Å². The minimum Gasteiger partial charge on any atom is -0.314 e. The summed E-state index contributed by atoms with van der Waals surface area (Å²) in [4.78, 5) is 0. The minimum absolute atomic E-state index is 0.742. The molecule has 92 valence electrons. The second-order valence-corrected chi connectivity index (χ2v) is 5.10. The maximum Gasteiger partial charge on any atom is 0.00975 e. The Morgan fingerprint density at radius 2 is 1.73 bits per heavy atom. The van der Waals surface area contributed by atoms with Crippen LogP contribution < -0.4 is 5.32 Å². The molecule has 15 heavy (non-hydrogen) atoms. The van der Waals surface area contributed by atoms with E-state index in [1.807, 2.05) is 0 Å². The first-order valence-electron chi connectivity index (χ1n) is 6.88. The van der Waals surface area contributed by atoms with E-state index in [1.165, 1.54) is 32.1 Å². The van der Waals surface area contributed by atoms with E-state index in [4.69, 9.17) is 0 Å². The summed E-state index contributed by atoms with van der Waals surface area (Å²) < 4.78 is 0. The first-order chi connectivity index (χ1) is 7.15. The lowest BCUT2D eigenvalue weighted by Crippen LogP contribution is -2.37. The Kier molecular flexibility index (Phi) is 9.18. The third-order valence-corrected chi connectivity index (χ3v) is 3.21. The van der Waals surface area contributed by atoms with Crippen LogP contribution in [0.5, 0.6) is 0 Å². The monoisotopic (exact) mass is 213 g/mol. The van der Waals surface area contributed by atoms with Gasteiger partial charge in [0, 0.05) is 6.04 Å². The second kappa shape index (κ2) is 9.21. The number of unbranched alkanes of at least 4 members (excludes halogenated alkanes) is 1. The Morgan fingerprint density at radius 3 is 2.13 bits per heavy atom. The molecule has 2 atom stereocenters. The smallest absolute Gasteiger partial charge is 0.00975 e. The summed E-state index contributed by atoms with van der Waals surface area (Å²) in [7, 11) is 0. The van der Waals surface area contributed by atoms with Crippen molar-refractivity contribution >= 4 is 0 Å². The van der Waals surface area contributed by atoms with Crippen LogP contribution in [-0.2, 0) is 0 Å². The molecule has 0 radical (unpaired) electrons. The molecule has 1 nitrogen and oxygen atoms in total. The molecule has 0 aliphatic heterocycles. The van der Waals surface area contributed by atoms with Crippen LogP contribution in [0.3, 0.4) is 0 Å². The first kappa shape index (κ1) is 15.0. The zero-order valence-corrected chi connectivity index (χ0v) is 11.5. The normalized spacial score (nSPS) is 15.6. The predicted molar refractivity (Wildman–Crippen MR) is 70.2 cm³/mol. The maximum atomic E-state index is 3.67. The molecular weight excluding hydrogens is 182 g/mol. The molecule has 0 aliphatic carbocycles. The maximum absolute atomic E-state index is 3.67. The number of nitrogens with one attached hydrogen (secondary N) is 1. The third kappa shape index (κ3) is 6.94. The van der Waals surface area contributed by atoms with Gasteiger partial charge in [-0.3, -0.25) is 0 Å². The highest BCUT2D eigenvalue weighted by atomic mass is 14.9. The van der Waals surface area contributed by atoms with Crippen LogP contribution in [0.15, 0.2) is 0 Å². The van der Waals surface area contributed by atoms with Gasteiger partial charge in [-0.2, -0.15) is 0 Å². The van der Waals surface area contributed by atoms with Crippen molar-refractivity contribution in [2.24, 2.45) is 11.8 Å². The molecule has 0 bridgehead atoms. The minimum atomic E-state index is 0.742. The van der Waals surface area contributed by atoms with Crippen LogP contribution >= 0.6 is 0 Å². The number of rotatable bonds is 9. The number of hydrogen-bond acceptors (Lipinski definition) is 1. The third-order valence-electron chi connectivity index (χ3n) is 3.21. The van der Waals surface area contributed by atoms with E-state index in [-0.39, 0.29) is 0 Å². The summed E-state index contributed by atoms with van der Waals surface area (Å²) in [5.41, 5.74) is 0. The largest absolute Gasteiger partial charge is 0.314 e. The average Bonchev–Trinajstić information content (AvgIpc) is 2.18. The fourth-order valence-electron chi connectivity index (χ4n) is 2.37. The first-order valence-corrected chi connectivity index (χ1v) is 6.88. The molecule has 0 aromatic heterocycles. The van der Waals surface area contributed by atoms with Crippen LogP contribution in [0.4, 0.5) is 0 Å². The second-order valence-electron chi connectivity index (χ2n) is 5.10. The van der Waals surface area contributed by atoms with Gasteiger partial charge < -0.3 is 5.32 Å². The van der Waals surface area contributed by atoms with Gasteiger partial charge in [-0.15, -0.1) is 0 Å². The molecule has 0 heterocycles. The molecule has 1 heteroatoms. The van der Waals surface area contributed by atoms with Gasteiger partial charge in [-0.05, 0) is 31.2 Å². The zero-order chi connectivity index (χ0) is 11.7. The molecule has 0 fully saturated rings. The van der Waals surface area contributed by atoms with Crippen LogP contribution in [0.2, 0.25) is 0 Å².